The van der Waals surface area contributed by atoms with E-state index in [-0.39, 0.29) is 23.3 Å². The molecule has 1 aromatic heterocycles. The standard InChI is InChI=1S/C20H19BrN4O5S/c1-29-15-8-10-16(11-9-15)31(27,28)25-12-2-3-17(25)18(26)22-20-24-23-19(30-20)13-4-6-14(21)7-5-13/h4-11,17H,2-3,12H2,1H3,(H,22,24,26). The molecule has 2 heterocycles. The first-order chi connectivity index (χ1) is 14.9. The van der Waals surface area contributed by atoms with E-state index in [9.17, 15) is 13.2 Å². The third-order valence-corrected chi connectivity index (χ3v) is 7.37. The van der Waals surface area contributed by atoms with E-state index in [1.807, 2.05) is 12.1 Å². The largest absolute Gasteiger partial charge is 0.497 e. The Morgan fingerprint density at radius 3 is 2.55 bits per heavy atom. The van der Waals surface area contributed by atoms with Crippen molar-refractivity contribution in [3.63, 3.8) is 0 Å². The first-order valence-electron chi connectivity index (χ1n) is 9.45. The van der Waals surface area contributed by atoms with Gasteiger partial charge in [0, 0.05) is 16.6 Å². The van der Waals surface area contributed by atoms with Gasteiger partial charge in [0.2, 0.25) is 21.8 Å². The minimum absolute atomic E-state index is 0.0865. The number of rotatable bonds is 6. The van der Waals surface area contributed by atoms with Gasteiger partial charge in [-0.25, -0.2) is 8.42 Å². The molecule has 9 nitrogen and oxygen atoms in total. The Kier molecular flexibility index (Phi) is 6.08. The van der Waals surface area contributed by atoms with Crippen molar-refractivity contribution >= 4 is 37.9 Å². The van der Waals surface area contributed by atoms with Crippen LogP contribution in [-0.4, -0.2) is 48.5 Å². The minimum Gasteiger partial charge on any atom is -0.497 e. The van der Waals surface area contributed by atoms with Crippen molar-refractivity contribution in [1.82, 2.24) is 14.5 Å². The molecule has 1 unspecified atom stereocenters. The summed E-state index contributed by atoms with van der Waals surface area (Å²) >= 11 is 3.36. The number of nitrogens with one attached hydrogen (secondary N) is 1. The van der Waals surface area contributed by atoms with Crippen molar-refractivity contribution in [1.29, 1.82) is 0 Å². The van der Waals surface area contributed by atoms with E-state index in [1.165, 1.54) is 23.5 Å². The highest BCUT2D eigenvalue weighted by Gasteiger charge is 2.40. The summed E-state index contributed by atoms with van der Waals surface area (Å²) in [5.74, 6) is 0.283. The van der Waals surface area contributed by atoms with Crippen LogP contribution in [0.5, 0.6) is 5.75 Å². The van der Waals surface area contributed by atoms with Crippen molar-refractivity contribution in [3.8, 4) is 17.2 Å². The molecule has 1 fully saturated rings. The number of carbonyl (C=O) groups is 1. The highest BCUT2D eigenvalue weighted by molar-refractivity contribution is 9.10. The van der Waals surface area contributed by atoms with Crippen molar-refractivity contribution in [3.05, 3.63) is 53.0 Å². The maximum absolute atomic E-state index is 13.1. The fraction of sp³-hybridized carbons (Fsp3) is 0.250. The summed E-state index contributed by atoms with van der Waals surface area (Å²) in [5, 5.41) is 10.3. The van der Waals surface area contributed by atoms with Crippen LogP contribution in [0.15, 0.2) is 62.3 Å². The number of carbonyl (C=O) groups excluding carboxylic acids is 1. The lowest BCUT2D eigenvalue weighted by molar-refractivity contribution is -0.119. The zero-order valence-corrected chi connectivity index (χ0v) is 18.9. The number of aromatic nitrogens is 2. The number of hydrogen-bond acceptors (Lipinski definition) is 7. The molecule has 1 aliphatic heterocycles. The summed E-state index contributed by atoms with van der Waals surface area (Å²) in [4.78, 5) is 12.9. The van der Waals surface area contributed by atoms with Gasteiger partial charge < -0.3 is 9.15 Å². The molecule has 11 heteroatoms. The SMILES string of the molecule is COc1ccc(S(=O)(=O)N2CCCC2C(=O)Nc2nnc(-c3ccc(Br)cc3)o2)cc1. The summed E-state index contributed by atoms with van der Waals surface area (Å²) in [6, 6.07) is 12.4. The number of sulfonamides is 1. The molecule has 1 atom stereocenters. The maximum Gasteiger partial charge on any atom is 0.322 e. The molecule has 0 bridgehead atoms. The van der Waals surface area contributed by atoms with Gasteiger partial charge in [0.05, 0.1) is 12.0 Å². The van der Waals surface area contributed by atoms with Gasteiger partial charge in [-0.3, -0.25) is 10.1 Å². The van der Waals surface area contributed by atoms with Gasteiger partial charge in [-0.1, -0.05) is 21.0 Å². The number of benzene rings is 2. The molecular weight excluding hydrogens is 488 g/mol. The van der Waals surface area contributed by atoms with Crippen molar-refractivity contribution in [2.24, 2.45) is 0 Å². The number of hydrogen-bond donors (Lipinski definition) is 1. The fourth-order valence-electron chi connectivity index (χ4n) is 3.34. The Hall–Kier alpha value is -2.76. The number of nitrogens with zero attached hydrogens (tertiary/aromatic N) is 3. The predicted molar refractivity (Wildman–Crippen MR) is 116 cm³/mol. The lowest BCUT2D eigenvalue weighted by Crippen LogP contribution is -2.43. The number of halogens is 1. The Morgan fingerprint density at radius 1 is 1.16 bits per heavy atom. The van der Waals surface area contributed by atoms with E-state index in [0.29, 0.717) is 24.2 Å². The van der Waals surface area contributed by atoms with Crippen LogP contribution in [0.2, 0.25) is 0 Å². The zero-order chi connectivity index (χ0) is 22.0. The molecule has 1 N–H and O–H groups in total. The molecule has 0 spiro atoms. The summed E-state index contributed by atoms with van der Waals surface area (Å²) in [7, 11) is -2.34. The van der Waals surface area contributed by atoms with Crippen LogP contribution < -0.4 is 10.1 Å². The molecule has 31 heavy (non-hydrogen) atoms. The maximum atomic E-state index is 13.1. The summed E-state index contributed by atoms with van der Waals surface area (Å²) in [6.07, 6.45) is 0.969. The number of methoxy groups -OCH3 is 1. The molecule has 3 aromatic rings. The second-order valence-electron chi connectivity index (χ2n) is 6.86. The first-order valence-corrected chi connectivity index (χ1v) is 11.7. The second kappa shape index (κ2) is 8.77. The third-order valence-electron chi connectivity index (χ3n) is 4.92. The molecule has 0 saturated carbocycles. The monoisotopic (exact) mass is 506 g/mol. The summed E-state index contributed by atoms with van der Waals surface area (Å²) in [5.41, 5.74) is 0.695. The lowest BCUT2D eigenvalue weighted by Gasteiger charge is -2.22. The average molecular weight is 507 g/mol. The van der Waals surface area contributed by atoms with E-state index in [1.54, 1.807) is 24.3 Å². The van der Waals surface area contributed by atoms with E-state index in [2.05, 4.69) is 31.4 Å². The van der Waals surface area contributed by atoms with E-state index in [0.717, 1.165) is 4.47 Å². The van der Waals surface area contributed by atoms with Gasteiger partial charge in [0.15, 0.2) is 0 Å². The van der Waals surface area contributed by atoms with E-state index >= 15 is 0 Å². The number of ether oxygens (including phenoxy) is 1. The third kappa shape index (κ3) is 4.48. The van der Waals surface area contributed by atoms with E-state index in [4.69, 9.17) is 9.15 Å². The zero-order valence-electron chi connectivity index (χ0n) is 16.5. The highest BCUT2D eigenvalue weighted by Crippen LogP contribution is 2.28. The molecule has 0 aliphatic carbocycles. The van der Waals surface area contributed by atoms with Crippen LogP contribution in [0.25, 0.3) is 11.5 Å². The van der Waals surface area contributed by atoms with Gasteiger partial charge in [-0.2, -0.15) is 4.31 Å². The van der Waals surface area contributed by atoms with Gasteiger partial charge >= 0.3 is 6.01 Å². The lowest BCUT2D eigenvalue weighted by atomic mass is 10.2. The van der Waals surface area contributed by atoms with Crippen molar-refractivity contribution in [2.45, 2.75) is 23.8 Å². The molecule has 4 rings (SSSR count). The fourth-order valence-corrected chi connectivity index (χ4v) is 5.27. The number of anilines is 1. The minimum atomic E-state index is -3.85. The molecule has 0 radical (unpaired) electrons. The summed E-state index contributed by atoms with van der Waals surface area (Å²) in [6.45, 7) is 0.250. The van der Waals surface area contributed by atoms with Crippen LogP contribution in [-0.2, 0) is 14.8 Å². The molecule has 2 aromatic carbocycles. The van der Waals surface area contributed by atoms with Crippen LogP contribution >= 0.6 is 15.9 Å². The molecule has 162 valence electrons. The smallest absolute Gasteiger partial charge is 0.322 e. The normalized spacial score (nSPS) is 16.9. The first kappa shape index (κ1) is 21.5. The van der Waals surface area contributed by atoms with Gasteiger partial charge in [0.1, 0.15) is 11.8 Å². The second-order valence-corrected chi connectivity index (χ2v) is 9.66. The Morgan fingerprint density at radius 2 is 1.87 bits per heavy atom. The molecular formula is C20H19BrN4O5S. The Bertz CT molecular complexity index is 1180. The molecule has 1 saturated heterocycles. The van der Waals surface area contributed by atoms with Crippen LogP contribution in [0.3, 0.4) is 0 Å². The topological polar surface area (TPSA) is 115 Å². The van der Waals surface area contributed by atoms with Gasteiger partial charge in [-0.15, -0.1) is 5.10 Å². The Labute approximate surface area is 187 Å². The van der Waals surface area contributed by atoms with Crippen molar-refractivity contribution < 1.29 is 22.4 Å². The van der Waals surface area contributed by atoms with Crippen LogP contribution in [0.4, 0.5) is 6.01 Å². The van der Waals surface area contributed by atoms with Gasteiger partial charge in [-0.05, 0) is 61.4 Å². The summed E-state index contributed by atoms with van der Waals surface area (Å²) < 4.78 is 38.8. The quantitative estimate of drug-likeness (QED) is 0.545. The Balaban J connectivity index is 1.49. The van der Waals surface area contributed by atoms with Crippen LogP contribution in [0, 0.1) is 0 Å². The van der Waals surface area contributed by atoms with Crippen LogP contribution in [0.1, 0.15) is 12.8 Å². The number of amides is 1. The molecule has 1 amide bonds. The molecule has 1 aliphatic rings. The van der Waals surface area contributed by atoms with E-state index < -0.39 is 22.0 Å². The average Bonchev–Trinajstić information content (AvgIpc) is 3.44. The predicted octanol–water partition coefficient (Wildman–Crippen LogP) is 3.30. The van der Waals surface area contributed by atoms with Gasteiger partial charge in [0.25, 0.3) is 0 Å². The highest BCUT2D eigenvalue weighted by atomic mass is 79.9. The van der Waals surface area contributed by atoms with Crippen molar-refractivity contribution in [2.75, 3.05) is 19.0 Å².